The fraction of sp³-hybridized carbons (Fsp3) is 0.417. The normalized spacial score (nSPS) is 13.7. The van der Waals surface area contributed by atoms with Crippen LogP contribution in [0, 0.1) is 0 Å². The van der Waals surface area contributed by atoms with Crippen molar-refractivity contribution < 1.29 is 9.53 Å². The molecule has 1 amide bonds. The van der Waals surface area contributed by atoms with E-state index < -0.39 is 0 Å². The summed E-state index contributed by atoms with van der Waals surface area (Å²) in [5.41, 5.74) is 3.09. The van der Waals surface area contributed by atoms with Crippen molar-refractivity contribution in [3.8, 4) is 5.75 Å². The molecule has 7 heteroatoms. The number of aryl methyl sites for hydroxylation is 1. The zero-order valence-electron chi connectivity index (χ0n) is 17.8. The molecule has 0 saturated carbocycles. The first-order valence-electron chi connectivity index (χ1n) is 11.0. The fourth-order valence-electron chi connectivity index (χ4n) is 3.82. The number of hydrogen-bond donors (Lipinski definition) is 2. The number of aromatic nitrogens is 2. The van der Waals surface area contributed by atoms with Crippen LogP contribution in [-0.4, -0.2) is 53.6 Å². The van der Waals surface area contributed by atoms with E-state index >= 15 is 0 Å². The lowest BCUT2D eigenvalue weighted by molar-refractivity contribution is 0.0725. The average molecular weight is 443 g/mol. The minimum Gasteiger partial charge on any atom is -0.494 e. The van der Waals surface area contributed by atoms with Crippen LogP contribution in [0.3, 0.4) is 0 Å². The molecule has 31 heavy (non-hydrogen) atoms. The SMILES string of the molecule is Cl.O=C(c1nc2ccc(CCCCCCOc3ccccc3)cc2[nH]1)N1CCNCC1. The lowest BCUT2D eigenvalue weighted by atomic mass is 10.1. The molecular formula is C24H31ClN4O2. The van der Waals surface area contributed by atoms with E-state index in [1.807, 2.05) is 41.3 Å². The van der Waals surface area contributed by atoms with Crippen molar-refractivity contribution in [1.29, 1.82) is 0 Å². The van der Waals surface area contributed by atoms with Crippen LogP contribution in [0.15, 0.2) is 48.5 Å². The quantitative estimate of drug-likeness (QED) is 0.487. The molecule has 1 aromatic heterocycles. The average Bonchev–Trinajstić information content (AvgIpc) is 3.22. The summed E-state index contributed by atoms with van der Waals surface area (Å²) in [5.74, 6) is 1.38. The van der Waals surface area contributed by atoms with Gasteiger partial charge >= 0.3 is 0 Å². The second-order valence-electron chi connectivity index (χ2n) is 7.80. The van der Waals surface area contributed by atoms with Gasteiger partial charge in [0.1, 0.15) is 5.75 Å². The molecule has 0 spiro atoms. The highest BCUT2D eigenvalue weighted by molar-refractivity contribution is 5.94. The summed E-state index contributed by atoms with van der Waals surface area (Å²) in [6, 6.07) is 16.3. The van der Waals surface area contributed by atoms with Crippen LogP contribution in [0.5, 0.6) is 5.75 Å². The molecule has 6 nitrogen and oxygen atoms in total. The summed E-state index contributed by atoms with van der Waals surface area (Å²) in [6.45, 7) is 3.92. The first-order valence-corrected chi connectivity index (χ1v) is 11.0. The number of fused-ring (bicyclic) bond motifs is 1. The highest BCUT2D eigenvalue weighted by Crippen LogP contribution is 2.17. The van der Waals surface area contributed by atoms with Gasteiger partial charge in [0.15, 0.2) is 5.82 Å². The van der Waals surface area contributed by atoms with Crippen LogP contribution in [0.4, 0.5) is 0 Å². The van der Waals surface area contributed by atoms with Crippen molar-refractivity contribution >= 4 is 29.3 Å². The third-order valence-electron chi connectivity index (χ3n) is 5.52. The Balaban J connectivity index is 0.00000272. The first-order chi connectivity index (χ1) is 14.8. The minimum absolute atomic E-state index is 0. The molecule has 0 bridgehead atoms. The number of ether oxygens (including phenoxy) is 1. The van der Waals surface area contributed by atoms with E-state index in [9.17, 15) is 4.79 Å². The maximum atomic E-state index is 12.6. The number of benzene rings is 2. The van der Waals surface area contributed by atoms with Gasteiger partial charge in [-0.2, -0.15) is 0 Å². The lowest BCUT2D eigenvalue weighted by Gasteiger charge is -2.26. The number of aromatic amines is 1. The molecule has 2 N–H and O–H groups in total. The molecule has 3 aromatic rings. The third-order valence-corrected chi connectivity index (χ3v) is 5.52. The van der Waals surface area contributed by atoms with E-state index in [4.69, 9.17) is 4.74 Å². The molecule has 166 valence electrons. The Hall–Kier alpha value is -2.57. The second-order valence-corrected chi connectivity index (χ2v) is 7.80. The Morgan fingerprint density at radius 1 is 1.00 bits per heavy atom. The van der Waals surface area contributed by atoms with Crippen molar-refractivity contribution in [1.82, 2.24) is 20.2 Å². The maximum absolute atomic E-state index is 12.6. The zero-order chi connectivity index (χ0) is 20.6. The molecule has 4 rings (SSSR count). The van der Waals surface area contributed by atoms with Crippen LogP contribution in [-0.2, 0) is 6.42 Å². The van der Waals surface area contributed by atoms with Gasteiger partial charge in [-0.25, -0.2) is 4.98 Å². The highest BCUT2D eigenvalue weighted by Gasteiger charge is 2.20. The molecule has 1 fully saturated rings. The number of rotatable bonds is 9. The number of halogens is 1. The summed E-state index contributed by atoms with van der Waals surface area (Å²) in [7, 11) is 0. The number of amides is 1. The Kier molecular flexibility index (Phi) is 8.74. The van der Waals surface area contributed by atoms with Crippen LogP contribution < -0.4 is 10.1 Å². The molecule has 0 atom stereocenters. The molecule has 1 saturated heterocycles. The number of carbonyl (C=O) groups excluding carboxylic acids is 1. The van der Waals surface area contributed by atoms with Gasteiger partial charge < -0.3 is 19.9 Å². The number of carbonyl (C=O) groups is 1. The van der Waals surface area contributed by atoms with Crippen molar-refractivity contribution in [3.05, 3.63) is 59.9 Å². The minimum atomic E-state index is -0.00743. The molecule has 0 unspecified atom stereocenters. The van der Waals surface area contributed by atoms with E-state index in [1.54, 1.807) is 0 Å². The van der Waals surface area contributed by atoms with Crippen LogP contribution in [0.1, 0.15) is 41.9 Å². The lowest BCUT2D eigenvalue weighted by Crippen LogP contribution is -2.46. The molecule has 1 aliphatic heterocycles. The predicted molar refractivity (Wildman–Crippen MR) is 126 cm³/mol. The molecule has 0 aliphatic carbocycles. The number of para-hydroxylation sites is 1. The number of imidazole rings is 1. The second kappa shape index (κ2) is 11.7. The first kappa shape index (κ1) is 23.1. The molecule has 2 heterocycles. The molecule has 1 aliphatic rings. The Morgan fingerprint density at radius 3 is 2.58 bits per heavy atom. The van der Waals surface area contributed by atoms with E-state index in [0.717, 1.165) is 68.8 Å². The van der Waals surface area contributed by atoms with Crippen LogP contribution in [0.25, 0.3) is 11.0 Å². The van der Waals surface area contributed by atoms with E-state index in [0.29, 0.717) is 5.82 Å². The molecule has 0 radical (unpaired) electrons. The summed E-state index contributed by atoms with van der Waals surface area (Å²) in [6.07, 6.45) is 5.62. The van der Waals surface area contributed by atoms with Gasteiger partial charge in [-0.05, 0) is 49.1 Å². The predicted octanol–water partition coefficient (Wildman–Crippen LogP) is 4.21. The largest absolute Gasteiger partial charge is 0.494 e. The third kappa shape index (κ3) is 6.45. The molecule has 2 aromatic carbocycles. The van der Waals surface area contributed by atoms with Gasteiger partial charge in [-0.1, -0.05) is 37.1 Å². The van der Waals surface area contributed by atoms with E-state index in [2.05, 4.69) is 27.4 Å². The smallest absolute Gasteiger partial charge is 0.289 e. The van der Waals surface area contributed by atoms with Crippen molar-refractivity contribution in [2.24, 2.45) is 0 Å². The van der Waals surface area contributed by atoms with Crippen molar-refractivity contribution in [3.63, 3.8) is 0 Å². The molecular weight excluding hydrogens is 412 g/mol. The van der Waals surface area contributed by atoms with Crippen LogP contribution >= 0.6 is 12.4 Å². The van der Waals surface area contributed by atoms with Gasteiger partial charge in [-0.3, -0.25) is 4.79 Å². The number of H-pyrrole nitrogens is 1. The summed E-state index contributed by atoms with van der Waals surface area (Å²) >= 11 is 0. The van der Waals surface area contributed by atoms with Crippen LogP contribution in [0.2, 0.25) is 0 Å². The van der Waals surface area contributed by atoms with Gasteiger partial charge in [0.2, 0.25) is 0 Å². The van der Waals surface area contributed by atoms with E-state index in [-0.39, 0.29) is 18.3 Å². The van der Waals surface area contributed by atoms with Gasteiger partial charge in [0.05, 0.1) is 17.6 Å². The van der Waals surface area contributed by atoms with Gasteiger partial charge in [-0.15, -0.1) is 12.4 Å². The number of hydrogen-bond acceptors (Lipinski definition) is 4. The van der Waals surface area contributed by atoms with E-state index in [1.165, 1.54) is 18.4 Å². The van der Waals surface area contributed by atoms with Gasteiger partial charge in [0, 0.05) is 26.2 Å². The fourth-order valence-corrected chi connectivity index (χ4v) is 3.82. The Bertz CT molecular complexity index is 955. The standard InChI is InChI=1S/C24H30N4O2.ClH/c29-24(28-15-13-25-14-16-28)23-26-21-12-11-19(18-22(21)27-23)8-4-1-2-7-17-30-20-9-5-3-6-10-20;/h3,5-6,9-12,18,25H,1-2,4,7-8,13-17H2,(H,26,27);1H. The number of nitrogens with one attached hydrogen (secondary N) is 2. The van der Waals surface area contributed by atoms with Gasteiger partial charge in [0.25, 0.3) is 5.91 Å². The topological polar surface area (TPSA) is 70.2 Å². The monoisotopic (exact) mass is 442 g/mol. The van der Waals surface area contributed by atoms with Crippen molar-refractivity contribution in [2.45, 2.75) is 32.1 Å². The Morgan fingerprint density at radius 2 is 1.77 bits per heavy atom. The maximum Gasteiger partial charge on any atom is 0.289 e. The number of unbranched alkanes of at least 4 members (excludes halogenated alkanes) is 3. The Labute approximate surface area is 189 Å². The number of nitrogens with zero attached hydrogens (tertiary/aromatic N) is 2. The summed E-state index contributed by atoms with van der Waals surface area (Å²) in [4.78, 5) is 22.2. The number of piperazine rings is 1. The summed E-state index contributed by atoms with van der Waals surface area (Å²) in [5, 5.41) is 3.27. The zero-order valence-corrected chi connectivity index (χ0v) is 18.6. The highest BCUT2D eigenvalue weighted by atomic mass is 35.5. The van der Waals surface area contributed by atoms with Crippen molar-refractivity contribution in [2.75, 3.05) is 32.8 Å². The summed E-state index contributed by atoms with van der Waals surface area (Å²) < 4.78 is 5.74.